The maximum atomic E-state index is 11.6. The van der Waals surface area contributed by atoms with E-state index in [0.717, 1.165) is 47.8 Å². The van der Waals surface area contributed by atoms with E-state index in [0.29, 0.717) is 23.3 Å². The van der Waals surface area contributed by atoms with Crippen LogP contribution in [0.3, 0.4) is 0 Å². The van der Waals surface area contributed by atoms with Crippen molar-refractivity contribution in [2.45, 2.75) is 6.92 Å². The number of ether oxygens (including phenoxy) is 1. The molecule has 1 fully saturated rings. The topological polar surface area (TPSA) is 99.7 Å². The first kappa shape index (κ1) is 24.3. The lowest BCUT2D eigenvalue weighted by atomic mass is 10.2. The zero-order valence-electron chi connectivity index (χ0n) is 20.3. The molecule has 188 valence electrons. The van der Waals surface area contributed by atoms with Crippen molar-refractivity contribution in [3.05, 3.63) is 72.6 Å². The van der Waals surface area contributed by atoms with Crippen LogP contribution in [0.25, 0.3) is 10.2 Å². The molecule has 2 aromatic carbocycles. The summed E-state index contributed by atoms with van der Waals surface area (Å²) in [4.78, 5) is 36.6. The number of anilines is 4. The van der Waals surface area contributed by atoms with Gasteiger partial charge in [-0.2, -0.15) is 4.98 Å². The van der Waals surface area contributed by atoms with Gasteiger partial charge in [0.15, 0.2) is 0 Å². The Kier molecular flexibility index (Phi) is 7.00. The van der Waals surface area contributed by atoms with Crippen LogP contribution in [0.1, 0.15) is 6.92 Å². The molecule has 9 nitrogen and oxygen atoms in total. The molecule has 0 radical (unpaired) electrons. The minimum atomic E-state index is -0.296. The van der Waals surface area contributed by atoms with Gasteiger partial charge < -0.3 is 25.2 Å². The van der Waals surface area contributed by atoms with Gasteiger partial charge >= 0.3 is 0 Å². The number of aromatic nitrogens is 2. The van der Waals surface area contributed by atoms with Crippen molar-refractivity contribution in [3.63, 3.8) is 0 Å². The normalized spacial score (nSPS) is 13.3. The third-order valence-corrected chi connectivity index (χ3v) is 6.88. The van der Waals surface area contributed by atoms with E-state index >= 15 is 0 Å². The molecule has 0 atom stereocenters. The van der Waals surface area contributed by atoms with E-state index in [2.05, 4.69) is 44.2 Å². The number of thiophene rings is 1. The Labute approximate surface area is 218 Å². The van der Waals surface area contributed by atoms with Crippen LogP contribution in [0.2, 0.25) is 0 Å². The predicted molar refractivity (Wildman–Crippen MR) is 147 cm³/mol. The number of rotatable bonds is 7. The summed E-state index contributed by atoms with van der Waals surface area (Å²) in [5.41, 5.74) is 3.32. The highest BCUT2D eigenvalue weighted by atomic mass is 32.1. The summed E-state index contributed by atoms with van der Waals surface area (Å²) in [5, 5.41) is 7.94. The molecule has 10 heteroatoms. The van der Waals surface area contributed by atoms with Gasteiger partial charge in [-0.05, 0) is 53.9 Å². The second-order valence-corrected chi connectivity index (χ2v) is 9.39. The number of piperazine rings is 1. The van der Waals surface area contributed by atoms with Gasteiger partial charge in [0, 0.05) is 56.2 Å². The Morgan fingerprint density at radius 1 is 1.03 bits per heavy atom. The van der Waals surface area contributed by atoms with Crippen molar-refractivity contribution in [2.75, 3.05) is 41.7 Å². The molecule has 1 saturated heterocycles. The van der Waals surface area contributed by atoms with Crippen LogP contribution in [0.4, 0.5) is 23.0 Å². The smallest absolute Gasteiger partial charge is 0.247 e. The summed E-state index contributed by atoms with van der Waals surface area (Å²) in [6, 6.07) is 17.1. The highest BCUT2D eigenvalue weighted by Crippen LogP contribution is 2.34. The van der Waals surface area contributed by atoms with Crippen molar-refractivity contribution in [1.29, 1.82) is 0 Å². The number of fused-ring (bicyclic) bond motifs is 1. The number of benzene rings is 2. The van der Waals surface area contributed by atoms with Crippen molar-refractivity contribution in [2.24, 2.45) is 0 Å². The number of carbonyl (C=O) groups excluding carboxylic acids is 2. The SMILES string of the molecule is C=CC(=O)Nc1cccc(Oc2nc(Nc3ccc(N4CCN(C(C)=O)CC4)cc3)nc3ccsc23)c1. The predicted octanol–water partition coefficient (Wildman–Crippen LogP) is 5.02. The van der Waals surface area contributed by atoms with Crippen molar-refractivity contribution in [3.8, 4) is 11.6 Å². The third kappa shape index (κ3) is 5.70. The molecule has 3 heterocycles. The van der Waals surface area contributed by atoms with Gasteiger partial charge in [0.25, 0.3) is 0 Å². The van der Waals surface area contributed by atoms with E-state index in [1.54, 1.807) is 31.2 Å². The summed E-state index contributed by atoms with van der Waals surface area (Å²) >= 11 is 1.50. The monoisotopic (exact) mass is 514 g/mol. The average Bonchev–Trinajstić information content (AvgIpc) is 3.38. The van der Waals surface area contributed by atoms with Gasteiger partial charge in [-0.25, -0.2) is 4.98 Å². The third-order valence-electron chi connectivity index (χ3n) is 5.99. The standard InChI is InChI=1S/C27H26N6O3S/c1-3-24(35)28-20-5-4-6-22(17-20)36-26-25-23(11-16-37-25)30-27(31-26)29-19-7-9-21(10-8-19)33-14-12-32(13-15-33)18(2)34/h3-11,16-17H,1,12-15H2,2H3,(H,28,35)(H,29,30,31). The Balaban J connectivity index is 1.31. The average molecular weight is 515 g/mol. The van der Waals surface area contributed by atoms with Crippen LogP contribution in [0.5, 0.6) is 11.6 Å². The fourth-order valence-electron chi connectivity index (χ4n) is 4.07. The number of nitrogens with zero attached hydrogens (tertiary/aromatic N) is 4. The molecule has 4 aromatic rings. The van der Waals surface area contributed by atoms with E-state index in [-0.39, 0.29) is 11.8 Å². The minimum Gasteiger partial charge on any atom is -0.437 e. The molecule has 1 aliphatic rings. The summed E-state index contributed by atoms with van der Waals surface area (Å²) in [5.74, 6) is 1.21. The second-order valence-electron chi connectivity index (χ2n) is 8.48. The van der Waals surface area contributed by atoms with Crippen molar-refractivity contribution < 1.29 is 14.3 Å². The fraction of sp³-hybridized carbons (Fsp3) is 0.185. The quantitative estimate of drug-likeness (QED) is 0.334. The van der Waals surface area contributed by atoms with Crippen molar-refractivity contribution in [1.82, 2.24) is 14.9 Å². The van der Waals surface area contributed by atoms with Gasteiger partial charge in [0.05, 0.1) is 5.52 Å². The summed E-state index contributed by atoms with van der Waals surface area (Å²) < 4.78 is 6.94. The Morgan fingerprint density at radius 3 is 2.54 bits per heavy atom. The number of hydrogen-bond donors (Lipinski definition) is 2. The highest BCUT2D eigenvalue weighted by molar-refractivity contribution is 7.17. The van der Waals surface area contributed by atoms with Crippen LogP contribution in [-0.2, 0) is 9.59 Å². The molecule has 1 aliphatic heterocycles. The molecular formula is C27H26N6O3S. The Bertz CT molecular complexity index is 1440. The van der Waals surface area contributed by atoms with Gasteiger partial charge in [0.2, 0.25) is 23.6 Å². The molecule has 0 spiro atoms. The number of carbonyl (C=O) groups is 2. The number of hydrogen-bond acceptors (Lipinski definition) is 8. The summed E-state index contributed by atoms with van der Waals surface area (Å²) in [7, 11) is 0. The zero-order valence-corrected chi connectivity index (χ0v) is 21.1. The summed E-state index contributed by atoms with van der Waals surface area (Å²) in [6.45, 7) is 8.17. The molecule has 0 unspecified atom stereocenters. The van der Waals surface area contributed by atoms with E-state index in [1.165, 1.54) is 17.4 Å². The maximum Gasteiger partial charge on any atom is 0.247 e. The van der Waals surface area contributed by atoms with Gasteiger partial charge in [-0.15, -0.1) is 11.3 Å². The van der Waals surface area contributed by atoms with Crippen LogP contribution >= 0.6 is 11.3 Å². The lowest BCUT2D eigenvalue weighted by Crippen LogP contribution is -2.48. The van der Waals surface area contributed by atoms with E-state index in [4.69, 9.17) is 4.74 Å². The largest absolute Gasteiger partial charge is 0.437 e. The molecule has 2 N–H and O–H groups in total. The number of nitrogens with one attached hydrogen (secondary N) is 2. The highest BCUT2D eigenvalue weighted by Gasteiger charge is 2.19. The second kappa shape index (κ2) is 10.7. The van der Waals surface area contributed by atoms with E-state index in [1.807, 2.05) is 28.5 Å². The van der Waals surface area contributed by atoms with Gasteiger partial charge in [-0.1, -0.05) is 12.6 Å². The minimum absolute atomic E-state index is 0.123. The number of amides is 2. The lowest BCUT2D eigenvalue weighted by molar-refractivity contribution is -0.129. The first-order chi connectivity index (χ1) is 18.0. The van der Waals surface area contributed by atoms with E-state index < -0.39 is 0 Å². The molecule has 2 amide bonds. The molecule has 0 saturated carbocycles. The molecular weight excluding hydrogens is 488 g/mol. The molecule has 37 heavy (non-hydrogen) atoms. The molecule has 5 rings (SSSR count). The molecule has 0 aliphatic carbocycles. The first-order valence-corrected chi connectivity index (χ1v) is 12.7. The van der Waals surface area contributed by atoms with Gasteiger partial charge in [0.1, 0.15) is 10.4 Å². The van der Waals surface area contributed by atoms with E-state index in [9.17, 15) is 9.59 Å². The van der Waals surface area contributed by atoms with Crippen molar-refractivity contribution >= 4 is 56.4 Å². The van der Waals surface area contributed by atoms with Gasteiger partial charge in [-0.3, -0.25) is 9.59 Å². The lowest BCUT2D eigenvalue weighted by Gasteiger charge is -2.35. The summed E-state index contributed by atoms with van der Waals surface area (Å²) in [6.07, 6.45) is 1.21. The van der Waals surface area contributed by atoms with Crippen LogP contribution in [-0.4, -0.2) is 52.9 Å². The Morgan fingerprint density at radius 2 is 1.81 bits per heavy atom. The van der Waals surface area contributed by atoms with Crippen LogP contribution in [0.15, 0.2) is 72.6 Å². The maximum absolute atomic E-state index is 11.6. The zero-order chi connectivity index (χ0) is 25.8. The molecule has 2 aromatic heterocycles. The fourth-order valence-corrected chi connectivity index (χ4v) is 4.82. The van der Waals surface area contributed by atoms with Crippen LogP contribution < -0.4 is 20.3 Å². The Hall–Kier alpha value is -4.44. The molecule has 0 bridgehead atoms. The first-order valence-electron chi connectivity index (χ1n) is 11.8. The van der Waals surface area contributed by atoms with Crippen LogP contribution in [0, 0.1) is 0 Å².